The number of sulfonamides is 1. The van der Waals surface area contributed by atoms with Crippen molar-refractivity contribution in [3.8, 4) is 0 Å². The molecule has 1 fully saturated rings. The Bertz CT molecular complexity index is 1720. The van der Waals surface area contributed by atoms with E-state index in [9.17, 15) is 13.2 Å². The van der Waals surface area contributed by atoms with Gasteiger partial charge in [-0.2, -0.15) is 0 Å². The average Bonchev–Trinajstić information content (AvgIpc) is 3.65. The number of anilines is 1. The highest BCUT2D eigenvalue weighted by molar-refractivity contribution is 7.89. The predicted molar refractivity (Wildman–Crippen MR) is 160 cm³/mol. The molecule has 0 spiro atoms. The van der Waals surface area contributed by atoms with Crippen LogP contribution < -0.4 is 9.62 Å². The second-order valence-corrected chi connectivity index (χ2v) is 13.2. The molecule has 1 saturated carbocycles. The van der Waals surface area contributed by atoms with Gasteiger partial charge in [-0.3, -0.25) is 4.79 Å². The number of halogens is 1. The minimum absolute atomic E-state index is 0.0190. The summed E-state index contributed by atoms with van der Waals surface area (Å²) in [5, 5.41) is 0.681. The van der Waals surface area contributed by atoms with Crippen molar-refractivity contribution in [3.63, 3.8) is 0 Å². The fraction of sp³-hybridized carbons (Fsp3) is 0.312. The summed E-state index contributed by atoms with van der Waals surface area (Å²) in [7, 11) is -1.81. The molecule has 0 saturated heterocycles. The van der Waals surface area contributed by atoms with Crippen molar-refractivity contribution in [2.75, 3.05) is 4.90 Å². The van der Waals surface area contributed by atoms with Gasteiger partial charge in [-0.05, 0) is 91.1 Å². The Balaban J connectivity index is 1.32. The molecule has 4 aromatic rings. The lowest BCUT2D eigenvalue weighted by atomic mass is 9.87. The number of nitrogens with zero attached hydrogens (tertiary/aromatic N) is 3. The molecule has 9 heteroatoms. The molecule has 1 heterocycles. The van der Waals surface area contributed by atoms with Gasteiger partial charge in [0.15, 0.2) is 0 Å². The molecular formula is C32H33ClN4O3S. The maximum Gasteiger partial charge on any atom is 0.241 e. The number of aryl methyl sites for hydroxylation is 3. The van der Waals surface area contributed by atoms with E-state index in [-0.39, 0.29) is 28.7 Å². The van der Waals surface area contributed by atoms with E-state index in [2.05, 4.69) is 9.71 Å². The van der Waals surface area contributed by atoms with Crippen LogP contribution in [-0.4, -0.2) is 23.9 Å². The lowest BCUT2D eigenvalue weighted by Gasteiger charge is -2.29. The Labute approximate surface area is 246 Å². The quantitative estimate of drug-likeness (QED) is 0.271. The number of benzene rings is 3. The summed E-state index contributed by atoms with van der Waals surface area (Å²) in [5.41, 5.74) is 4.64. The zero-order chi connectivity index (χ0) is 28.7. The number of hydrogen-bond acceptors (Lipinski definition) is 4. The molecule has 2 aliphatic rings. The van der Waals surface area contributed by atoms with E-state index in [1.807, 2.05) is 73.3 Å². The van der Waals surface area contributed by atoms with Crippen LogP contribution in [0, 0.1) is 12.8 Å². The van der Waals surface area contributed by atoms with Gasteiger partial charge < -0.3 is 9.47 Å². The summed E-state index contributed by atoms with van der Waals surface area (Å²) in [6.45, 7) is 2.19. The summed E-state index contributed by atoms with van der Waals surface area (Å²) in [4.78, 5) is 20.6. The highest BCUT2D eigenvalue weighted by Crippen LogP contribution is 2.51. The molecule has 1 aromatic heterocycles. The van der Waals surface area contributed by atoms with Crippen molar-refractivity contribution in [3.05, 3.63) is 112 Å². The van der Waals surface area contributed by atoms with Crippen molar-refractivity contribution in [1.29, 1.82) is 0 Å². The molecule has 0 bridgehead atoms. The van der Waals surface area contributed by atoms with Gasteiger partial charge in [-0.25, -0.2) is 18.1 Å². The Morgan fingerprint density at radius 3 is 2.68 bits per heavy atom. The van der Waals surface area contributed by atoms with Crippen LogP contribution in [0.3, 0.4) is 0 Å². The maximum atomic E-state index is 14.1. The Kier molecular flexibility index (Phi) is 7.49. The maximum absolute atomic E-state index is 14.1. The van der Waals surface area contributed by atoms with Crippen molar-refractivity contribution < 1.29 is 13.2 Å². The van der Waals surface area contributed by atoms with Gasteiger partial charge in [0.25, 0.3) is 0 Å². The lowest BCUT2D eigenvalue weighted by Crippen LogP contribution is -2.34. The standard InChI is InChI=1S/C32H33ClN4O3S/c1-21-7-5-9-24(17-21)41(39,40)35-30-12-6-8-22-13-14-23(18-26(22)30)37(20-31-34-15-16-36(31)2)32(38)28-19-27(28)25-10-3-4-11-29(25)33/h3-5,7,9-11,13-18,27-28,30,35H,6,8,12,19-20H2,1-2H3/t27-,28-,30-/m1/s1. The topological polar surface area (TPSA) is 84.3 Å². The van der Waals surface area contributed by atoms with Gasteiger partial charge in [-0.15, -0.1) is 0 Å². The summed E-state index contributed by atoms with van der Waals surface area (Å²) in [6, 6.07) is 20.3. The number of carbonyl (C=O) groups excluding carboxylic acids is 1. The van der Waals surface area contributed by atoms with Gasteiger partial charge >= 0.3 is 0 Å². The fourth-order valence-electron chi connectivity index (χ4n) is 5.89. The first-order valence-electron chi connectivity index (χ1n) is 13.9. The Hall–Kier alpha value is -3.46. The summed E-state index contributed by atoms with van der Waals surface area (Å²) in [6.07, 6.45) is 6.76. The van der Waals surface area contributed by atoms with Gasteiger partial charge in [-0.1, -0.05) is 48.0 Å². The first kappa shape index (κ1) is 27.7. The van der Waals surface area contributed by atoms with E-state index in [1.165, 1.54) is 0 Å². The lowest BCUT2D eigenvalue weighted by molar-refractivity contribution is -0.120. The third-order valence-electron chi connectivity index (χ3n) is 8.25. The second-order valence-electron chi connectivity index (χ2n) is 11.1. The molecule has 0 aliphatic heterocycles. The fourth-order valence-corrected chi connectivity index (χ4v) is 7.52. The van der Waals surface area contributed by atoms with Gasteiger partial charge in [0.05, 0.1) is 11.4 Å². The van der Waals surface area contributed by atoms with E-state index in [0.717, 1.165) is 53.0 Å². The van der Waals surface area contributed by atoms with Crippen molar-refractivity contribution in [1.82, 2.24) is 14.3 Å². The number of rotatable bonds is 8. The molecule has 7 nitrogen and oxygen atoms in total. The number of hydrogen-bond donors (Lipinski definition) is 1. The third kappa shape index (κ3) is 5.69. The highest BCUT2D eigenvalue weighted by Gasteiger charge is 2.47. The molecule has 3 aromatic carbocycles. The highest BCUT2D eigenvalue weighted by atomic mass is 35.5. The van der Waals surface area contributed by atoms with Crippen LogP contribution >= 0.6 is 11.6 Å². The first-order valence-corrected chi connectivity index (χ1v) is 15.8. The molecule has 6 rings (SSSR count). The summed E-state index contributed by atoms with van der Waals surface area (Å²) in [5.74, 6) is 0.682. The molecule has 41 heavy (non-hydrogen) atoms. The summed E-state index contributed by atoms with van der Waals surface area (Å²) < 4.78 is 31.5. The van der Waals surface area contributed by atoms with Crippen LogP contribution in [-0.2, 0) is 34.8 Å². The van der Waals surface area contributed by atoms with Crippen LogP contribution in [0.1, 0.15) is 59.3 Å². The SMILES string of the molecule is Cc1cccc(S(=O)(=O)N[C@@H]2CCCc3ccc(N(Cc4nccn4C)C(=O)[C@@H]4C[C@@H]4c4ccccc4Cl)cc32)c1. The van der Waals surface area contributed by atoms with E-state index in [4.69, 9.17) is 11.6 Å². The van der Waals surface area contributed by atoms with Crippen molar-refractivity contribution >= 4 is 33.2 Å². The van der Waals surface area contributed by atoms with Gasteiger partial charge in [0.2, 0.25) is 15.9 Å². The monoisotopic (exact) mass is 588 g/mol. The molecule has 0 unspecified atom stereocenters. The van der Waals surface area contributed by atoms with Gasteiger partial charge in [0, 0.05) is 42.1 Å². The number of fused-ring (bicyclic) bond motifs is 1. The van der Waals surface area contributed by atoms with Crippen LogP contribution in [0.25, 0.3) is 0 Å². The second kappa shape index (κ2) is 11.1. The normalized spacial score (nSPS) is 19.9. The molecule has 0 radical (unpaired) electrons. The zero-order valence-corrected chi connectivity index (χ0v) is 24.7. The van der Waals surface area contributed by atoms with Crippen LogP contribution in [0.15, 0.2) is 84.0 Å². The Morgan fingerprint density at radius 2 is 1.93 bits per heavy atom. The molecule has 2 aliphatic carbocycles. The van der Waals surface area contributed by atoms with E-state index >= 15 is 0 Å². The van der Waals surface area contributed by atoms with E-state index < -0.39 is 10.0 Å². The molecule has 1 N–H and O–H groups in total. The third-order valence-corrected chi connectivity index (χ3v) is 10.1. The summed E-state index contributed by atoms with van der Waals surface area (Å²) >= 11 is 6.47. The number of nitrogens with one attached hydrogen (secondary N) is 1. The number of carbonyl (C=O) groups is 1. The average molecular weight is 589 g/mol. The Morgan fingerprint density at radius 1 is 1.10 bits per heavy atom. The minimum atomic E-state index is -3.72. The van der Waals surface area contributed by atoms with E-state index in [1.54, 1.807) is 29.3 Å². The predicted octanol–water partition coefficient (Wildman–Crippen LogP) is 6.07. The van der Waals surface area contributed by atoms with Crippen molar-refractivity contribution in [2.24, 2.45) is 13.0 Å². The zero-order valence-electron chi connectivity index (χ0n) is 23.1. The number of aromatic nitrogens is 2. The number of imidazole rings is 1. The van der Waals surface area contributed by atoms with E-state index in [0.29, 0.717) is 18.0 Å². The molecule has 1 amide bonds. The van der Waals surface area contributed by atoms with Crippen LogP contribution in [0.2, 0.25) is 5.02 Å². The first-order chi connectivity index (χ1) is 19.7. The number of amides is 1. The van der Waals surface area contributed by atoms with Gasteiger partial charge in [0.1, 0.15) is 5.82 Å². The van der Waals surface area contributed by atoms with Crippen LogP contribution in [0.4, 0.5) is 5.69 Å². The largest absolute Gasteiger partial charge is 0.337 e. The molecule has 212 valence electrons. The smallest absolute Gasteiger partial charge is 0.241 e. The van der Waals surface area contributed by atoms with Crippen LogP contribution in [0.5, 0.6) is 0 Å². The molecular weight excluding hydrogens is 556 g/mol. The minimum Gasteiger partial charge on any atom is -0.337 e. The molecule has 3 atom stereocenters. The van der Waals surface area contributed by atoms with Crippen molar-refractivity contribution in [2.45, 2.75) is 56.0 Å².